The van der Waals surface area contributed by atoms with Gasteiger partial charge >= 0.3 is 0 Å². The van der Waals surface area contributed by atoms with Crippen molar-refractivity contribution in [1.29, 1.82) is 0 Å². The molecule has 7 heteroatoms. The topological polar surface area (TPSA) is 66.5 Å². The highest BCUT2D eigenvalue weighted by Gasteiger charge is 2.22. The van der Waals surface area contributed by atoms with Crippen LogP contribution in [0.4, 0.5) is 0 Å². The van der Waals surface area contributed by atoms with Gasteiger partial charge < -0.3 is 5.32 Å². The maximum atomic E-state index is 12.3. The van der Waals surface area contributed by atoms with Crippen LogP contribution in [0, 0.1) is 5.92 Å². The van der Waals surface area contributed by atoms with E-state index in [2.05, 4.69) is 12.2 Å². The first-order valence-corrected chi connectivity index (χ1v) is 10.5. The fraction of sp³-hybridized carbons (Fsp3) is 0.688. The van der Waals surface area contributed by atoms with Crippen LogP contribution in [0.3, 0.4) is 0 Å². The molecule has 23 heavy (non-hydrogen) atoms. The fourth-order valence-corrected chi connectivity index (χ4v) is 5.26. The number of nitrogens with one attached hydrogen (secondary N) is 1. The monoisotopic (exact) mass is 358 g/mol. The number of hydrogen-bond acceptors (Lipinski definition) is 4. The first kappa shape index (κ1) is 18.4. The van der Waals surface area contributed by atoms with Gasteiger partial charge in [-0.25, -0.2) is 12.7 Å². The first-order valence-electron chi connectivity index (χ1n) is 8.19. The zero-order valence-corrected chi connectivity index (χ0v) is 15.5. The van der Waals surface area contributed by atoms with E-state index in [4.69, 9.17) is 0 Å². The predicted molar refractivity (Wildman–Crippen MR) is 92.9 cm³/mol. The molecule has 5 nitrogen and oxygen atoms in total. The second-order valence-electron chi connectivity index (χ2n) is 6.39. The lowest BCUT2D eigenvalue weighted by atomic mass is 9.87. The standard InChI is InChI=1S/C16H26N2O3S2/c1-13-7-9-14(10-8-13)17-15(19)5-3-11-18(2)23(20,21)16-6-4-12-22-16/h4,6,12-14H,3,5,7-11H2,1-2H3,(H,17,19). The minimum atomic E-state index is -3.41. The van der Waals surface area contributed by atoms with Gasteiger partial charge in [-0.2, -0.15) is 0 Å². The average molecular weight is 359 g/mol. The Morgan fingerprint density at radius 1 is 1.35 bits per heavy atom. The molecule has 0 unspecified atom stereocenters. The Bertz CT molecular complexity index is 591. The largest absolute Gasteiger partial charge is 0.353 e. The van der Waals surface area contributed by atoms with Gasteiger partial charge in [-0.05, 0) is 49.5 Å². The lowest BCUT2D eigenvalue weighted by molar-refractivity contribution is -0.122. The van der Waals surface area contributed by atoms with Crippen LogP contribution in [0.1, 0.15) is 45.4 Å². The summed E-state index contributed by atoms with van der Waals surface area (Å²) in [7, 11) is -1.84. The van der Waals surface area contributed by atoms with Crippen LogP contribution in [0.15, 0.2) is 21.7 Å². The number of nitrogens with zero attached hydrogens (tertiary/aromatic N) is 1. The molecule has 0 atom stereocenters. The predicted octanol–water partition coefficient (Wildman–Crippen LogP) is 2.84. The molecule has 1 amide bonds. The maximum Gasteiger partial charge on any atom is 0.252 e. The quantitative estimate of drug-likeness (QED) is 0.815. The summed E-state index contributed by atoms with van der Waals surface area (Å²) in [5, 5.41) is 4.82. The number of amides is 1. The summed E-state index contributed by atoms with van der Waals surface area (Å²) in [6, 6.07) is 3.63. The minimum absolute atomic E-state index is 0.0338. The molecular formula is C16H26N2O3S2. The first-order chi connectivity index (χ1) is 10.9. The van der Waals surface area contributed by atoms with Crippen molar-refractivity contribution in [3.8, 4) is 0 Å². The van der Waals surface area contributed by atoms with E-state index >= 15 is 0 Å². The minimum Gasteiger partial charge on any atom is -0.353 e. The molecular weight excluding hydrogens is 332 g/mol. The summed E-state index contributed by atoms with van der Waals surface area (Å²) in [5.74, 6) is 0.797. The number of sulfonamides is 1. The summed E-state index contributed by atoms with van der Waals surface area (Å²) >= 11 is 1.21. The summed E-state index contributed by atoms with van der Waals surface area (Å²) in [6.07, 6.45) is 5.37. The van der Waals surface area contributed by atoms with Crippen molar-refractivity contribution < 1.29 is 13.2 Å². The molecule has 0 aromatic carbocycles. The van der Waals surface area contributed by atoms with E-state index < -0.39 is 10.0 Å². The highest BCUT2D eigenvalue weighted by atomic mass is 32.2. The smallest absolute Gasteiger partial charge is 0.252 e. The number of rotatable bonds is 7. The molecule has 1 aromatic rings. The number of carbonyl (C=O) groups is 1. The Morgan fingerprint density at radius 2 is 2.04 bits per heavy atom. The average Bonchev–Trinajstić information content (AvgIpc) is 3.04. The zero-order valence-electron chi connectivity index (χ0n) is 13.8. The van der Waals surface area contributed by atoms with E-state index in [0.29, 0.717) is 29.6 Å². The van der Waals surface area contributed by atoms with E-state index in [1.165, 1.54) is 28.5 Å². The SMILES string of the molecule is CC1CCC(NC(=O)CCCN(C)S(=O)(=O)c2cccs2)CC1. The van der Waals surface area contributed by atoms with E-state index in [9.17, 15) is 13.2 Å². The number of carbonyl (C=O) groups excluding carboxylic acids is 1. The summed E-state index contributed by atoms with van der Waals surface area (Å²) in [6.45, 7) is 2.61. The Labute approximate surface area is 143 Å². The second kappa shape index (κ2) is 8.26. The molecule has 0 radical (unpaired) electrons. The van der Waals surface area contributed by atoms with Crippen LogP contribution >= 0.6 is 11.3 Å². The van der Waals surface area contributed by atoms with Crippen molar-refractivity contribution in [2.45, 2.75) is 55.7 Å². The van der Waals surface area contributed by atoms with Crippen molar-refractivity contribution in [1.82, 2.24) is 9.62 Å². The highest BCUT2D eigenvalue weighted by Crippen LogP contribution is 2.23. The Hall–Kier alpha value is -0.920. The van der Waals surface area contributed by atoms with Crippen LogP contribution < -0.4 is 5.32 Å². The molecule has 130 valence electrons. The van der Waals surface area contributed by atoms with Gasteiger partial charge in [0, 0.05) is 26.1 Å². The normalized spacial score (nSPS) is 22.2. The molecule has 0 bridgehead atoms. The van der Waals surface area contributed by atoms with Crippen LogP contribution in [0.25, 0.3) is 0 Å². The molecule has 1 N–H and O–H groups in total. The van der Waals surface area contributed by atoms with Crippen molar-refractivity contribution in [3.05, 3.63) is 17.5 Å². The summed E-state index contributed by atoms with van der Waals surface area (Å²) < 4.78 is 26.2. The van der Waals surface area contributed by atoms with Crippen LogP contribution in [0.5, 0.6) is 0 Å². The van der Waals surface area contributed by atoms with E-state index in [1.54, 1.807) is 24.6 Å². The third kappa shape index (κ3) is 5.29. The second-order valence-corrected chi connectivity index (χ2v) is 9.61. The van der Waals surface area contributed by atoms with Crippen molar-refractivity contribution >= 4 is 27.3 Å². The molecule has 1 heterocycles. The summed E-state index contributed by atoms with van der Waals surface area (Å²) in [5.41, 5.74) is 0. The lowest BCUT2D eigenvalue weighted by Crippen LogP contribution is -2.37. The van der Waals surface area contributed by atoms with Gasteiger partial charge in [0.15, 0.2) is 0 Å². The van der Waals surface area contributed by atoms with Crippen molar-refractivity contribution in [2.75, 3.05) is 13.6 Å². The number of hydrogen-bond donors (Lipinski definition) is 1. The van der Waals surface area contributed by atoms with Gasteiger partial charge in [-0.1, -0.05) is 13.0 Å². The Kier molecular flexibility index (Phi) is 6.61. The van der Waals surface area contributed by atoms with Gasteiger partial charge in [0.2, 0.25) is 5.91 Å². The van der Waals surface area contributed by atoms with Crippen LogP contribution in [-0.2, 0) is 14.8 Å². The van der Waals surface area contributed by atoms with Crippen molar-refractivity contribution in [2.24, 2.45) is 5.92 Å². The zero-order chi connectivity index (χ0) is 16.9. The molecule has 0 saturated heterocycles. The molecule has 1 saturated carbocycles. The van der Waals surface area contributed by atoms with Gasteiger partial charge in [-0.15, -0.1) is 11.3 Å². The summed E-state index contributed by atoms with van der Waals surface area (Å²) in [4.78, 5) is 12.0. The molecule has 1 aliphatic rings. The molecule has 1 aromatic heterocycles. The number of thiophene rings is 1. The van der Waals surface area contributed by atoms with Crippen LogP contribution in [-0.4, -0.2) is 38.3 Å². The molecule has 1 fully saturated rings. The Morgan fingerprint density at radius 3 is 2.65 bits per heavy atom. The maximum absolute atomic E-state index is 12.3. The Balaban J connectivity index is 1.71. The molecule has 0 aliphatic heterocycles. The van der Waals surface area contributed by atoms with Gasteiger partial charge in [0.25, 0.3) is 10.0 Å². The molecule has 1 aliphatic carbocycles. The third-order valence-electron chi connectivity index (χ3n) is 4.42. The fourth-order valence-electron chi connectivity index (χ4n) is 2.85. The molecule has 2 rings (SSSR count). The highest BCUT2D eigenvalue weighted by molar-refractivity contribution is 7.91. The third-order valence-corrected chi connectivity index (χ3v) is 7.65. The van der Waals surface area contributed by atoms with Gasteiger partial charge in [-0.3, -0.25) is 4.79 Å². The van der Waals surface area contributed by atoms with Gasteiger partial charge in [0.1, 0.15) is 4.21 Å². The van der Waals surface area contributed by atoms with Crippen molar-refractivity contribution in [3.63, 3.8) is 0 Å². The molecule has 0 spiro atoms. The van der Waals surface area contributed by atoms with E-state index in [-0.39, 0.29) is 5.91 Å². The van der Waals surface area contributed by atoms with Gasteiger partial charge in [0.05, 0.1) is 0 Å². The van der Waals surface area contributed by atoms with E-state index in [1.807, 2.05) is 0 Å². The van der Waals surface area contributed by atoms with E-state index in [0.717, 1.165) is 18.8 Å². The lowest BCUT2D eigenvalue weighted by Gasteiger charge is -2.27. The van der Waals surface area contributed by atoms with Crippen LogP contribution in [0.2, 0.25) is 0 Å².